The summed E-state index contributed by atoms with van der Waals surface area (Å²) in [5.41, 5.74) is 1.69. The molecule has 3 aromatic rings. The van der Waals surface area contributed by atoms with Crippen LogP contribution in [0.3, 0.4) is 0 Å². The quantitative estimate of drug-likeness (QED) is 0.463. The van der Waals surface area contributed by atoms with E-state index in [1.807, 2.05) is 35.4 Å². The number of hydrogen-bond donors (Lipinski definition) is 0. The van der Waals surface area contributed by atoms with Crippen LogP contribution in [0.5, 0.6) is 0 Å². The molecule has 1 atom stereocenters. The first-order chi connectivity index (χ1) is 14.6. The molecule has 1 aliphatic heterocycles. The lowest BCUT2D eigenvalue weighted by molar-refractivity contribution is 0.0906. The Kier molecular flexibility index (Phi) is 5.94. The lowest BCUT2D eigenvalue weighted by Crippen LogP contribution is -2.42. The highest BCUT2D eigenvalue weighted by atomic mass is 32.2. The number of carbonyl (C=O) groups is 1. The lowest BCUT2D eigenvalue weighted by Gasteiger charge is -2.33. The molecule has 1 aliphatic rings. The average Bonchev–Trinajstić information content (AvgIpc) is 2.81. The van der Waals surface area contributed by atoms with Crippen LogP contribution in [0.4, 0.5) is 5.95 Å². The number of ketones is 1. The van der Waals surface area contributed by atoms with Crippen molar-refractivity contribution in [1.82, 2.24) is 19.5 Å². The number of nitrogens with zero attached hydrogens (tertiary/aromatic N) is 5. The summed E-state index contributed by atoms with van der Waals surface area (Å²) in [5.74, 6) is 0.578. The van der Waals surface area contributed by atoms with Gasteiger partial charge in [0.05, 0.1) is 11.4 Å². The maximum atomic E-state index is 13.1. The molecule has 7 nitrogen and oxygen atoms in total. The largest absolute Gasteiger partial charge is 0.341 e. The molecule has 4 rings (SSSR count). The van der Waals surface area contributed by atoms with E-state index in [9.17, 15) is 9.59 Å². The summed E-state index contributed by atoms with van der Waals surface area (Å²) >= 11 is 1.63. The third-order valence-corrected chi connectivity index (χ3v) is 6.11. The summed E-state index contributed by atoms with van der Waals surface area (Å²) < 4.78 is 1.53. The van der Waals surface area contributed by atoms with Gasteiger partial charge in [-0.25, -0.2) is 15.0 Å². The zero-order valence-corrected chi connectivity index (χ0v) is 17.8. The highest BCUT2D eigenvalue weighted by Gasteiger charge is 2.29. The minimum atomic E-state index is -0.158. The number of rotatable bonds is 5. The fourth-order valence-electron chi connectivity index (χ4n) is 3.77. The van der Waals surface area contributed by atoms with E-state index in [1.165, 1.54) is 17.0 Å². The molecule has 2 aromatic heterocycles. The van der Waals surface area contributed by atoms with Crippen molar-refractivity contribution in [1.29, 1.82) is 0 Å². The topological polar surface area (TPSA) is 81.0 Å². The normalized spacial score (nSPS) is 16.5. The first-order valence-electron chi connectivity index (χ1n) is 9.84. The summed E-state index contributed by atoms with van der Waals surface area (Å²) in [6.45, 7) is 1.29. The number of anilines is 1. The maximum absolute atomic E-state index is 13.1. The molecule has 154 valence electrons. The van der Waals surface area contributed by atoms with Gasteiger partial charge in [0.2, 0.25) is 5.95 Å². The Morgan fingerprint density at radius 3 is 2.83 bits per heavy atom. The van der Waals surface area contributed by atoms with Crippen molar-refractivity contribution in [2.75, 3.05) is 24.2 Å². The van der Waals surface area contributed by atoms with Crippen molar-refractivity contribution in [2.24, 2.45) is 13.0 Å². The van der Waals surface area contributed by atoms with E-state index >= 15 is 0 Å². The predicted molar refractivity (Wildman–Crippen MR) is 118 cm³/mol. The van der Waals surface area contributed by atoms with Gasteiger partial charge >= 0.3 is 0 Å². The smallest absolute Gasteiger partial charge is 0.255 e. The second kappa shape index (κ2) is 8.79. The van der Waals surface area contributed by atoms with Crippen LogP contribution in [0, 0.1) is 5.92 Å². The van der Waals surface area contributed by atoms with Gasteiger partial charge in [0.25, 0.3) is 5.56 Å². The molecule has 0 N–H and O–H groups in total. The molecule has 1 saturated heterocycles. The Bertz CT molecular complexity index is 1120. The summed E-state index contributed by atoms with van der Waals surface area (Å²) in [4.78, 5) is 41.7. The Hall–Kier alpha value is -3.00. The molecule has 0 spiro atoms. The van der Waals surface area contributed by atoms with E-state index in [-0.39, 0.29) is 17.3 Å². The summed E-state index contributed by atoms with van der Waals surface area (Å²) in [5, 5.41) is 0. The van der Waals surface area contributed by atoms with Gasteiger partial charge in [0.15, 0.2) is 5.78 Å². The Balaban J connectivity index is 1.62. The van der Waals surface area contributed by atoms with E-state index in [1.54, 1.807) is 31.1 Å². The number of hydrogen-bond acceptors (Lipinski definition) is 7. The minimum Gasteiger partial charge on any atom is -0.341 e. The van der Waals surface area contributed by atoms with Crippen LogP contribution in [0.2, 0.25) is 0 Å². The molecule has 0 aliphatic carbocycles. The van der Waals surface area contributed by atoms with Crippen molar-refractivity contribution in [3.05, 3.63) is 64.8 Å². The first kappa shape index (κ1) is 20.3. The van der Waals surface area contributed by atoms with Crippen molar-refractivity contribution >= 4 is 23.5 Å². The number of carbonyl (C=O) groups excluding carboxylic acids is 1. The second-order valence-electron chi connectivity index (χ2n) is 7.31. The standard InChI is InChI=1S/C22H23N5O2S/c1-26-20(28)12-19(18-8-9-23-14-24-18)25-22(26)27-10-4-6-16(13-27)21(29)15-5-3-7-17(11-15)30-2/h3,5,7-9,11-12,14,16H,4,6,10,13H2,1-2H3. The average molecular weight is 422 g/mol. The van der Waals surface area contributed by atoms with Gasteiger partial charge in [-0.15, -0.1) is 11.8 Å². The third kappa shape index (κ3) is 4.14. The van der Waals surface area contributed by atoms with E-state index in [4.69, 9.17) is 4.98 Å². The number of benzene rings is 1. The zero-order valence-electron chi connectivity index (χ0n) is 17.0. The number of Topliss-reactive ketones (excluding diaryl/α,β-unsaturated/α-hetero) is 1. The lowest BCUT2D eigenvalue weighted by atomic mass is 9.90. The van der Waals surface area contributed by atoms with Crippen LogP contribution in [-0.4, -0.2) is 44.6 Å². The van der Waals surface area contributed by atoms with Crippen LogP contribution in [-0.2, 0) is 7.05 Å². The molecule has 1 unspecified atom stereocenters. The van der Waals surface area contributed by atoms with Gasteiger partial charge in [-0.3, -0.25) is 14.2 Å². The van der Waals surface area contributed by atoms with Crippen LogP contribution in [0.15, 0.2) is 58.6 Å². The van der Waals surface area contributed by atoms with Crippen LogP contribution >= 0.6 is 11.8 Å². The first-order valence-corrected chi connectivity index (χ1v) is 11.1. The number of piperidine rings is 1. The monoisotopic (exact) mass is 421 g/mol. The fraction of sp³-hybridized carbons (Fsp3) is 0.318. The van der Waals surface area contributed by atoms with Gasteiger partial charge < -0.3 is 4.90 Å². The van der Waals surface area contributed by atoms with E-state index in [0.717, 1.165) is 29.8 Å². The molecule has 1 fully saturated rings. The van der Waals surface area contributed by atoms with Crippen molar-refractivity contribution in [3.8, 4) is 11.4 Å². The van der Waals surface area contributed by atoms with Crippen LogP contribution in [0.25, 0.3) is 11.4 Å². The van der Waals surface area contributed by atoms with Gasteiger partial charge in [-0.1, -0.05) is 12.1 Å². The summed E-state index contributed by atoms with van der Waals surface area (Å²) in [6.07, 6.45) is 6.76. The van der Waals surface area contributed by atoms with E-state index in [2.05, 4.69) is 9.97 Å². The zero-order chi connectivity index (χ0) is 21.1. The summed E-state index contributed by atoms with van der Waals surface area (Å²) in [7, 11) is 1.71. The SMILES string of the molecule is CSc1cccc(C(=O)C2CCCN(c3nc(-c4ccncn4)cc(=O)n3C)C2)c1. The van der Waals surface area contributed by atoms with Gasteiger partial charge in [-0.2, -0.15) is 0 Å². The van der Waals surface area contributed by atoms with E-state index < -0.39 is 0 Å². The molecule has 8 heteroatoms. The molecule has 0 amide bonds. The molecule has 0 saturated carbocycles. The van der Waals surface area contributed by atoms with Crippen molar-refractivity contribution < 1.29 is 4.79 Å². The molecule has 30 heavy (non-hydrogen) atoms. The molecule has 3 heterocycles. The van der Waals surface area contributed by atoms with E-state index in [0.29, 0.717) is 23.9 Å². The maximum Gasteiger partial charge on any atom is 0.255 e. The highest BCUT2D eigenvalue weighted by molar-refractivity contribution is 7.98. The number of aromatic nitrogens is 4. The van der Waals surface area contributed by atoms with Crippen molar-refractivity contribution in [2.45, 2.75) is 17.7 Å². The van der Waals surface area contributed by atoms with Gasteiger partial charge in [0.1, 0.15) is 6.33 Å². The molecule has 0 bridgehead atoms. The van der Waals surface area contributed by atoms with Gasteiger partial charge in [-0.05, 0) is 37.3 Å². The highest BCUT2D eigenvalue weighted by Crippen LogP contribution is 2.26. The Morgan fingerprint density at radius 1 is 1.20 bits per heavy atom. The summed E-state index contributed by atoms with van der Waals surface area (Å²) in [6, 6.07) is 11.0. The second-order valence-corrected chi connectivity index (χ2v) is 8.19. The Labute approximate surface area is 179 Å². The third-order valence-electron chi connectivity index (χ3n) is 5.38. The van der Waals surface area contributed by atoms with Crippen LogP contribution < -0.4 is 10.5 Å². The molecule has 0 radical (unpaired) electrons. The number of thioether (sulfide) groups is 1. The Morgan fingerprint density at radius 2 is 2.07 bits per heavy atom. The minimum absolute atomic E-state index is 0.129. The van der Waals surface area contributed by atoms with Crippen molar-refractivity contribution in [3.63, 3.8) is 0 Å². The molecule has 1 aromatic carbocycles. The van der Waals surface area contributed by atoms with Gasteiger partial charge in [0, 0.05) is 48.8 Å². The molecular formula is C22H23N5O2S. The molecular weight excluding hydrogens is 398 g/mol. The van der Waals surface area contributed by atoms with Crippen LogP contribution in [0.1, 0.15) is 23.2 Å². The predicted octanol–water partition coefficient (Wildman–Crippen LogP) is 3.06. The fourth-order valence-corrected chi connectivity index (χ4v) is 4.23.